The Morgan fingerprint density at radius 1 is 1.57 bits per heavy atom. The van der Waals surface area contributed by atoms with Crippen molar-refractivity contribution in [2.45, 2.75) is 18.7 Å². The number of hydrogen-bond acceptors (Lipinski definition) is 5. The smallest absolute Gasteiger partial charge is 0.366 e. The van der Waals surface area contributed by atoms with E-state index in [0.717, 1.165) is 16.7 Å². The number of amides is 1. The molecule has 0 aliphatic carbocycles. The summed E-state index contributed by atoms with van der Waals surface area (Å²) in [5.74, 6) is -0.259. The largest absolute Gasteiger partial charge is 0.434 e. The Morgan fingerprint density at radius 3 is 2.90 bits per heavy atom. The number of alkyl halides is 3. The van der Waals surface area contributed by atoms with Crippen LogP contribution in [0.25, 0.3) is 0 Å². The number of morpholine rings is 1. The third kappa shape index (κ3) is 5.42. The molecule has 5 nitrogen and oxygen atoms in total. The van der Waals surface area contributed by atoms with Crippen LogP contribution in [0.3, 0.4) is 0 Å². The summed E-state index contributed by atoms with van der Waals surface area (Å²) in [5, 5.41) is 6.98. The SMILES string of the molecule is Cl.O=C(NCCc1nc(C(F)(F)F)cs1)C1CNCCO1. The van der Waals surface area contributed by atoms with Crippen LogP contribution < -0.4 is 10.6 Å². The molecule has 2 rings (SSSR count). The molecule has 1 atom stereocenters. The maximum Gasteiger partial charge on any atom is 0.434 e. The van der Waals surface area contributed by atoms with Crippen LogP contribution in [0.15, 0.2) is 5.38 Å². The van der Waals surface area contributed by atoms with Crippen LogP contribution >= 0.6 is 23.7 Å². The monoisotopic (exact) mass is 345 g/mol. The zero-order chi connectivity index (χ0) is 14.6. The summed E-state index contributed by atoms with van der Waals surface area (Å²) in [6.07, 6.45) is -4.68. The van der Waals surface area contributed by atoms with Gasteiger partial charge in [0.1, 0.15) is 6.10 Å². The lowest BCUT2D eigenvalue weighted by molar-refractivity contribution is -0.140. The number of halogens is 4. The molecule has 0 spiro atoms. The molecule has 1 amide bonds. The second-order valence-electron chi connectivity index (χ2n) is 4.23. The number of ether oxygens (including phenoxy) is 1. The molecule has 21 heavy (non-hydrogen) atoms. The van der Waals surface area contributed by atoms with Gasteiger partial charge in [-0.1, -0.05) is 0 Å². The summed E-state index contributed by atoms with van der Waals surface area (Å²) in [5.41, 5.74) is -0.886. The number of hydrogen-bond donors (Lipinski definition) is 2. The second-order valence-corrected chi connectivity index (χ2v) is 5.17. The highest BCUT2D eigenvalue weighted by atomic mass is 35.5. The van der Waals surface area contributed by atoms with Crippen LogP contribution in [0.4, 0.5) is 13.2 Å². The van der Waals surface area contributed by atoms with Crippen molar-refractivity contribution in [2.24, 2.45) is 0 Å². The molecule has 1 unspecified atom stereocenters. The Kier molecular flexibility index (Phi) is 6.85. The fourth-order valence-electron chi connectivity index (χ4n) is 1.70. The number of carbonyl (C=O) groups is 1. The number of thiazole rings is 1. The molecular weight excluding hydrogens is 331 g/mol. The van der Waals surface area contributed by atoms with Crippen LogP contribution in [0, 0.1) is 0 Å². The van der Waals surface area contributed by atoms with Crippen molar-refractivity contribution in [3.05, 3.63) is 16.1 Å². The molecule has 2 heterocycles. The highest BCUT2D eigenvalue weighted by Gasteiger charge is 2.33. The van der Waals surface area contributed by atoms with Crippen LogP contribution in [-0.2, 0) is 22.1 Å². The van der Waals surface area contributed by atoms with Crippen LogP contribution in [0.5, 0.6) is 0 Å². The van der Waals surface area contributed by atoms with Crippen molar-refractivity contribution in [3.63, 3.8) is 0 Å². The minimum absolute atomic E-state index is 0. The molecule has 1 aliphatic rings. The first-order valence-electron chi connectivity index (χ1n) is 6.08. The number of carbonyl (C=O) groups excluding carboxylic acids is 1. The van der Waals surface area contributed by atoms with Crippen molar-refractivity contribution >= 4 is 29.7 Å². The van der Waals surface area contributed by atoms with Crippen LogP contribution in [0.1, 0.15) is 10.7 Å². The standard InChI is InChI=1S/C11H14F3N3O2S.ClH/c12-11(13,14)8-6-20-9(17-8)1-2-16-10(18)7-5-15-3-4-19-7;/h6-7,15H,1-5H2,(H,16,18);1H. The minimum Gasteiger partial charge on any atom is -0.366 e. The fourth-order valence-corrected chi connectivity index (χ4v) is 2.50. The van der Waals surface area contributed by atoms with Gasteiger partial charge >= 0.3 is 6.18 Å². The van der Waals surface area contributed by atoms with Gasteiger partial charge in [0.05, 0.1) is 11.6 Å². The van der Waals surface area contributed by atoms with E-state index in [1.54, 1.807) is 0 Å². The summed E-state index contributed by atoms with van der Waals surface area (Å²) in [6.45, 7) is 1.87. The minimum atomic E-state index is -4.42. The van der Waals surface area contributed by atoms with E-state index in [2.05, 4.69) is 15.6 Å². The van der Waals surface area contributed by atoms with E-state index < -0.39 is 18.0 Å². The quantitative estimate of drug-likeness (QED) is 0.861. The van der Waals surface area contributed by atoms with Gasteiger partial charge in [-0.2, -0.15) is 13.2 Å². The lowest BCUT2D eigenvalue weighted by Crippen LogP contribution is -2.48. The van der Waals surface area contributed by atoms with Crippen molar-refractivity contribution in [1.82, 2.24) is 15.6 Å². The van der Waals surface area contributed by atoms with E-state index >= 15 is 0 Å². The number of rotatable bonds is 4. The van der Waals surface area contributed by atoms with Gasteiger partial charge in [0.15, 0.2) is 5.69 Å². The Morgan fingerprint density at radius 2 is 2.33 bits per heavy atom. The molecule has 1 aliphatic heterocycles. The van der Waals surface area contributed by atoms with Gasteiger partial charge in [0, 0.05) is 31.4 Å². The number of aromatic nitrogens is 1. The summed E-state index contributed by atoms with van der Waals surface area (Å²) in [4.78, 5) is 15.2. The van der Waals surface area contributed by atoms with Crippen LogP contribution in [-0.4, -0.2) is 43.2 Å². The first kappa shape index (κ1) is 18.1. The molecular formula is C11H15ClF3N3O2S. The maximum atomic E-state index is 12.3. The Hall–Kier alpha value is -0.900. The summed E-state index contributed by atoms with van der Waals surface area (Å²) in [7, 11) is 0. The lowest BCUT2D eigenvalue weighted by atomic mass is 10.3. The Labute approximate surface area is 129 Å². The average Bonchev–Trinajstić information content (AvgIpc) is 2.88. The van der Waals surface area contributed by atoms with Crippen molar-refractivity contribution in [2.75, 3.05) is 26.2 Å². The molecule has 2 N–H and O–H groups in total. The predicted molar refractivity (Wildman–Crippen MR) is 73.7 cm³/mol. The van der Waals surface area contributed by atoms with E-state index in [1.165, 1.54) is 0 Å². The van der Waals surface area contributed by atoms with Gasteiger partial charge in [0.25, 0.3) is 0 Å². The molecule has 1 saturated heterocycles. The highest BCUT2D eigenvalue weighted by molar-refractivity contribution is 7.09. The van der Waals surface area contributed by atoms with Gasteiger partial charge in [-0.25, -0.2) is 4.98 Å². The normalized spacial score (nSPS) is 18.9. The third-order valence-electron chi connectivity index (χ3n) is 2.70. The Balaban J connectivity index is 0.00000220. The molecule has 1 aromatic heterocycles. The van der Waals surface area contributed by atoms with Crippen LogP contribution in [0.2, 0.25) is 0 Å². The molecule has 0 saturated carbocycles. The van der Waals surface area contributed by atoms with Crippen molar-refractivity contribution in [1.29, 1.82) is 0 Å². The third-order valence-corrected chi connectivity index (χ3v) is 3.61. The topological polar surface area (TPSA) is 63.2 Å². The van der Waals surface area contributed by atoms with Gasteiger partial charge in [-0.05, 0) is 0 Å². The van der Waals surface area contributed by atoms with Crippen molar-refractivity contribution < 1.29 is 22.7 Å². The van der Waals surface area contributed by atoms with E-state index in [9.17, 15) is 18.0 Å². The fraction of sp³-hybridized carbons (Fsp3) is 0.636. The molecule has 0 radical (unpaired) electrons. The van der Waals surface area contributed by atoms with E-state index in [0.29, 0.717) is 24.7 Å². The average molecular weight is 346 g/mol. The summed E-state index contributed by atoms with van der Waals surface area (Å²) >= 11 is 0.938. The molecule has 10 heteroatoms. The number of nitrogens with one attached hydrogen (secondary N) is 2. The maximum absolute atomic E-state index is 12.3. The highest BCUT2D eigenvalue weighted by Crippen LogP contribution is 2.29. The van der Waals surface area contributed by atoms with E-state index in [-0.39, 0.29) is 31.3 Å². The van der Waals surface area contributed by atoms with E-state index in [1.807, 2.05) is 0 Å². The zero-order valence-electron chi connectivity index (χ0n) is 10.9. The van der Waals surface area contributed by atoms with Gasteiger partial charge < -0.3 is 15.4 Å². The summed E-state index contributed by atoms with van der Waals surface area (Å²) < 4.78 is 42.3. The molecule has 0 bridgehead atoms. The Bertz CT molecular complexity index is 464. The van der Waals surface area contributed by atoms with Crippen molar-refractivity contribution in [3.8, 4) is 0 Å². The predicted octanol–water partition coefficient (Wildman–Crippen LogP) is 1.23. The zero-order valence-corrected chi connectivity index (χ0v) is 12.5. The molecule has 1 aromatic rings. The first-order chi connectivity index (χ1) is 9.47. The molecule has 1 fully saturated rings. The van der Waals surface area contributed by atoms with E-state index in [4.69, 9.17) is 4.74 Å². The lowest BCUT2D eigenvalue weighted by Gasteiger charge is -2.22. The first-order valence-corrected chi connectivity index (χ1v) is 6.96. The van der Waals surface area contributed by atoms with Gasteiger partial charge in [-0.3, -0.25) is 4.79 Å². The second kappa shape index (κ2) is 7.92. The number of nitrogens with zero attached hydrogens (tertiary/aromatic N) is 1. The van der Waals surface area contributed by atoms with Gasteiger partial charge in [0.2, 0.25) is 5.91 Å². The van der Waals surface area contributed by atoms with Gasteiger partial charge in [-0.15, -0.1) is 23.7 Å². The molecule has 120 valence electrons. The molecule has 0 aromatic carbocycles. The summed E-state index contributed by atoms with van der Waals surface area (Å²) in [6, 6.07) is 0.